The lowest BCUT2D eigenvalue weighted by molar-refractivity contribution is 0.00539. The number of ether oxygens (including phenoxy) is 2. The van der Waals surface area contributed by atoms with Gasteiger partial charge in [-0.1, -0.05) is 6.07 Å². The van der Waals surface area contributed by atoms with Gasteiger partial charge in [-0.05, 0) is 56.2 Å². The van der Waals surface area contributed by atoms with Crippen LogP contribution in [0.25, 0.3) is 16.9 Å². The second-order valence-electron chi connectivity index (χ2n) is 10.8. The SMILES string of the molecule is Cc1ccc2nc(C(F)F)n(-c3cc(N4CCOCC4)nc(NC[C@H]4CC[C@H](N5CCOCC5)CC4)n3)c2c1. The fourth-order valence-electron chi connectivity index (χ4n) is 6.05. The highest BCUT2D eigenvalue weighted by Crippen LogP contribution is 2.31. The minimum atomic E-state index is -2.74. The third kappa shape index (κ3) is 5.85. The van der Waals surface area contributed by atoms with Crippen LogP contribution in [0.4, 0.5) is 20.5 Å². The number of aryl methyl sites for hydroxylation is 1. The molecule has 0 spiro atoms. The Morgan fingerprint density at radius 3 is 2.31 bits per heavy atom. The first kappa shape index (κ1) is 26.3. The fraction of sp³-hybridized carbons (Fsp3) is 0.607. The number of aromatic nitrogens is 4. The zero-order valence-electron chi connectivity index (χ0n) is 22.5. The summed E-state index contributed by atoms with van der Waals surface area (Å²) in [5, 5.41) is 3.46. The van der Waals surface area contributed by atoms with E-state index in [1.165, 1.54) is 17.4 Å². The van der Waals surface area contributed by atoms with Crippen LogP contribution in [0.15, 0.2) is 24.3 Å². The first-order chi connectivity index (χ1) is 19.0. The number of rotatable bonds is 7. The minimum Gasteiger partial charge on any atom is -0.379 e. The van der Waals surface area contributed by atoms with Crippen molar-refractivity contribution in [3.8, 4) is 5.82 Å². The molecule has 1 aromatic carbocycles. The van der Waals surface area contributed by atoms with Crippen molar-refractivity contribution < 1.29 is 18.3 Å². The normalized spacial score (nSPS) is 23.0. The summed E-state index contributed by atoms with van der Waals surface area (Å²) >= 11 is 0. The number of hydrogen-bond donors (Lipinski definition) is 1. The minimum absolute atomic E-state index is 0.311. The number of nitrogens with zero attached hydrogens (tertiary/aromatic N) is 6. The Kier molecular flexibility index (Phi) is 7.90. The number of benzene rings is 1. The summed E-state index contributed by atoms with van der Waals surface area (Å²) in [6, 6.07) is 7.98. The number of alkyl halides is 2. The van der Waals surface area contributed by atoms with Gasteiger partial charge in [-0.2, -0.15) is 9.97 Å². The number of imidazole rings is 1. The Morgan fingerprint density at radius 1 is 0.897 bits per heavy atom. The molecule has 3 aliphatic rings. The van der Waals surface area contributed by atoms with E-state index < -0.39 is 6.43 Å². The number of hydrogen-bond acceptors (Lipinski definition) is 8. The molecule has 0 atom stereocenters. The zero-order chi connectivity index (χ0) is 26.8. The predicted molar refractivity (Wildman–Crippen MR) is 146 cm³/mol. The van der Waals surface area contributed by atoms with Crippen LogP contribution >= 0.6 is 0 Å². The molecule has 0 radical (unpaired) electrons. The maximum Gasteiger partial charge on any atom is 0.296 e. The van der Waals surface area contributed by atoms with E-state index in [4.69, 9.17) is 19.4 Å². The number of morpholine rings is 2. The van der Waals surface area contributed by atoms with Crippen molar-refractivity contribution in [2.75, 3.05) is 69.4 Å². The molecule has 1 aliphatic carbocycles. The molecule has 11 heteroatoms. The smallest absolute Gasteiger partial charge is 0.296 e. The highest BCUT2D eigenvalue weighted by molar-refractivity contribution is 5.79. The standard InChI is InChI=1S/C28H37F2N7O2/c1-19-2-7-22-23(16-19)37(27(32-22)26(29)30)25-17-24(36-10-14-39-15-11-36)33-28(34-25)31-18-20-3-5-21(6-4-20)35-8-12-38-13-9-35/h2,7,16-17,20-21,26H,3-6,8-15,18H2,1H3,(H,31,33,34)/t20-,21-. The average Bonchev–Trinajstić information content (AvgIpc) is 3.36. The van der Waals surface area contributed by atoms with Crippen LogP contribution in [0.1, 0.15) is 43.5 Å². The van der Waals surface area contributed by atoms with Crippen LogP contribution in [0.5, 0.6) is 0 Å². The molecule has 0 bridgehead atoms. The molecule has 9 nitrogen and oxygen atoms in total. The van der Waals surface area contributed by atoms with Gasteiger partial charge in [-0.3, -0.25) is 9.47 Å². The Balaban J connectivity index is 1.25. The molecule has 39 heavy (non-hydrogen) atoms. The molecule has 6 rings (SSSR count). The van der Waals surface area contributed by atoms with Crippen LogP contribution in [-0.2, 0) is 9.47 Å². The summed E-state index contributed by atoms with van der Waals surface area (Å²) < 4.78 is 40.9. The van der Waals surface area contributed by atoms with Crippen LogP contribution in [0.3, 0.4) is 0 Å². The van der Waals surface area contributed by atoms with Crippen LogP contribution < -0.4 is 10.2 Å². The quantitative estimate of drug-likeness (QED) is 0.477. The van der Waals surface area contributed by atoms with Crippen LogP contribution in [0.2, 0.25) is 0 Å². The summed E-state index contributed by atoms with van der Waals surface area (Å²) in [5.41, 5.74) is 2.11. The predicted octanol–water partition coefficient (Wildman–Crippen LogP) is 4.20. The number of anilines is 2. The summed E-state index contributed by atoms with van der Waals surface area (Å²) in [7, 11) is 0. The summed E-state index contributed by atoms with van der Waals surface area (Å²) in [4.78, 5) is 18.5. The van der Waals surface area contributed by atoms with Gasteiger partial charge < -0.3 is 19.7 Å². The molecule has 4 heterocycles. The molecule has 3 aromatic rings. The van der Waals surface area contributed by atoms with Crippen molar-refractivity contribution >= 4 is 22.8 Å². The van der Waals surface area contributed by atoms with Gasteiger partial charge in [0.2, 0.25) is 5.95 Å². The Labute approximate surface area is 227 Å². The summed E-state index contributed by atoms with van der Waals surface area (Å²) in [6.45, 7) is 9.00. The van der Waals surface area contributed by atoms with E-state index in [1.54, 1.807) is 12.1 Å². The topological polar surface area (TPSA) is 80.6 Å². The van der Waals surface area contributed by atoms with E-state index in [0.717, 1.165) is 51.3 Å². The van der Waals surface area contributed by atoms with Gasteiger partial charge in [0.15, 0.2) is 5.82 Å². The number of fused-ring (bicyclic) bond motifs is 1. The highest BCUT2D eigenvalue weighted by atomic mass is 19.3. The van der Waals surface area contributed by atoms with Gasteiger partial charge in [0.25, 0.3) is 6.43 Å². The summed E-state index contributed by atoms with van der Waals surface area (Å²) in [6.07, 6.45) is 1.92. The van der Waals surface area contributed by atoms with Gasteiger partial charge >= 0.3 is 0 Å². The lowest BCUT2D eigenvalue weighted by atomic mass is 9.85. The molecular formula is C28H37F2N7O2. The summed E-state index contributed by atoms with van der Waals surface area (Å²) in [5.74, 6) is 1.77. The van der Waals surface area contributed by atoms with Crippen molar-refractivity contribution in [2.45, 2.75) is 45.1 Å². The van der Waals surface area contributed by atoms with Crippen LogP contribution in [-0.4, -0.2) is 89.6 Å². The van der Waals surface area contributed by atoms with E-state index >= 15 is 0 Å². The van der Waals surface area contributed by atoms with Gasteiger partial charge in [0.1, 0.15) is 11.6 Å². The molecular weight excluding hydrogens is 504 g/mol. The molecule has 2 saturated heterocycles. The first-order valence-corrected chi connectivity index (χ1v) is 14.1. The third-order valence-electron chi connectivity index (χ3n) is 8.22. The van der Waals surface area contributed by atoms with E-state index in [2.05, 4.69) is 20.1 Å². The zero-order valence-corrected chi connectivity index (χ0v) is 22.5. The fourth-order valence-corrected chi connectivity index (χ4v) is 6.05. The lowest BCUT2D eigenvalue weighted by Crippen LogP contribution is -2.45. The van der Waals surface area contributed by atoms with E-state index in [9.17, 15) is 8.78 Å². The Morgan fingerprint density at radius 2 is 1.59 bits per heavy atom. The molecule has 2 aliphatic heterocycles. The maximum atomic E-state index is 14.2. The van der Waals surface area contributed by atoms with E-state index in [-0.39, 0.29) is 5.82 Å². The maximum absolute atomic E-state index is 14.2. The van der Waals surface area contributed by atoms with Crippen molar-refractivity contribution in [1.82, 2.24) is 24.4 Å². The van der Waals surface area contributed by atoms with Crippen LogP contribution in [0, 0.1) is 12.8 Å². The largest absolute Gasteiger partial charge is 0.379 e. The molecule has 210 valence electrons. The van der Waals surface area contributed by atoms with Gasteiger partial charge in [0, 0.05) is 44.8 Å². The lowest BCUT2D eigenvalue weighted by Gasteiger charge is -2.38. The molecule has 1 saturated carbocycles. The first-order valence-electron chi connectivity index (χ1n) is 14.1. The van der Waals surface area contributed by atoms with E-state index in [0.29, 0.717) is 66.9 Å². The number of halogens is 2. The van der Waals surface area contributed by atoms with Gasteiger partial charge in [-0.25, -0.2) is 13.8 Å². The molecule has 0 unspecified atom stereocenters. The van der Waals surface area contributed by atoms with Gasteiger partial charge in [0.05, 0.1) is 37.5 Å². The van der Waals surface area contributed by atoms with Crippen molar-refractivity contribution in [2.24, 2.45) is 5.92 Å². The Bertz CT molecular complexity index is 1270. The molecule has 2 aromatic heterocycles. The third-order valence-corrected chi connectivity index (χ3v) is 8.22. The van der Waals surface area contributed by atoms with Crippen molar-refractivity contribution in [3.63, 3.8) is 0 Å². The average molecular weight is 542 g/mol. The second-order valence-corrected chi connectivity index (χ2v) is 10.8. The second kappa shape index (κ2) is 11.7. The molecule has 1 N–H and O–H groups in total. The number of nitrogens with one attached hydrogen (secondary N) is 1. The monoisotopic (exact) mass is 541 g/mol. The van der Waals surface area contributed by atoms with E-state index in [1.807, 2.05) is 19.1 Å². The molecule has 0 amide bonds. The highest BCUT2D eigenvalue weighted by Gasteiger charge is 2.28. The van der Waals surface area contributed by atoms with Crippen molar-refractivity contribution in [1.29, 1.82) is 0 Å². The van der Waals surface area contributed by atoms with Gasteiger partial charge in [-0.15, -0.1) is 0 Å². The Hall–Kier alpha value is -2.89. The van der Waals surface area contributed by atoms with Crippen molar-refractivity contribution in [3.05, 3.63) is 35.7 Å². The molecule has 3 fully saturated rings.